The Labute approximate surface area is 122 Å². The van der Waals surface area contributed by atoms with E-state index < -0.39 is 5.72 Å². The van der Waals surface area contributed by atoms with Crippen molar-refractivity contribution < 1.29 is 9.53 Å². The second-order valence-electron chi connectivity index (χ2n) is 5.28. The number of aromatic nitrogens is 1. The topological polar surface area (TPSA) is 54.5 Å². The fourth-order valence-corrected chi connectivity index (χ4v) is 3.14. The lowest BCUT2D eigenvalue weighted by Crippen LogP contribution is -2.52. The molecule has 3 heterocycles. The third-order valence-electron chi connectivity index (χ3n) is 4.02. The van der Waals surface area contributed by atoms with E-state index >= 15 is 0 Å². The number of ether oxygens (including phenoxy) is 1. The minimum atomic E-state index is -0.912. The number of nitrogens with zero attached hydrogens (tertiary/aromatic N) is 2. The van der Waals surface area contributed by atoms with Crippen LogP contribution in [-0.2, 0) is 10.5 Å². The molecule has 5 nitrogen and oxygen atoms in total. The summed E-state index contributed by atoms with van der Waals surface area (Å²) < 4.78 is 6.09. The van der Waals surface area contributed by atoms with Crippen LogP contribution < -0.4 is 5.32 Å². The first-order chi connectivity index (χ1) is 10.2. The normalized spacial score (nSPS) is 23.5. The number of pyridine rings is 1. The molecule has 0 saturated carbocycles. The Balaban J connectivity index is 2.01. The van der Waals surface area contributed by atoms with Crippen LogP contribution in [0.4, 0.5) is 10.5 Å². The Morgan fingerprint density at radius 3 is 2.95 bits per heavy atom. The van der Waals surface area contributed by atoms with Gasteiger partial charge in [0.25, 0.3) is 0 Å². The molecule has 2 aliphatic rings. The number of aryl methyl sites for hydroxylation is 1. The maximum Gasteiger partial charge on any atom is 0.324 e. The van der Waals surface area contributed by atoms with Gasteiger partial charge in [-0.3, -0.25) is 9.88 Å². The molecule has 1 aromatic heterocycles. The molecular formula is C16H15N3O2. The molecule has 0 bridgehead atoms. The molecule has 2 amide bonds. The number of fused-ring (bicyclic) bond motifs is 3. The number of hydrogen-bond donors (Lipinski definition) is 1. The van der Waals surface area contributed by atoms with Gasteiger partial charge in [-0.1, -0.05) is 24.3 Å². The summed E-state index contributed by atoms with van der Waals surface area (Å²) in [5, 5.41) is 2.92. The number of nitrogens with one attached hydrogen (secondary N) is 1. The van der Waals surface area contributed by atoms with E-state index in [1.165, 1.54) is 0 Å². The van der Waals surface area contributed by atoms with Crippen molar-refractivity contribution in [2.24, 2.45) is 0 Å². The highest BCUT2D eigenvalue weighted by molar-refractivity contribution is 5.94. The van der Waals surface area contributed by atoms with Crippen LogP contribution in [-0.4, -0.2) is 29.1 Å². The average molecular weight is 281 g/mol. The number of carbonyl (C=O) groups excluding carboxylic acids is 1. The van der Waals surface area contributed by atoms with Crippen LogP contribution >= 0.6 is 0 Å². The Bertz CT molecular complexity index is 731. The zero-order chi connectivity index (χ0) is 14.4. The van der Waals surface area contributed by atoms with Gasteiger partial charge in [0.15, 0.2) is 0 Å². The van der Waals surface area contributed by atoms with E-state index in [9.17, 15) is 4.79 Å². The molecule has 21 heavy (non-hydrogen) atoms. The Morgan fingerprint density at radius 1 is 1.24 bits per heavy atom. The summed E-state index contributed by atoms with van der Waals surface area (Å²) in [6.45, 7) is 2.99. The van der Waals surface area contributed by atoms with Crippen molar-refractivity contribution in [1.29, 1.82) is 0 Å². The molecule has 1 fully saturated rings. The van der Waals surface area contributed by atoms with Crippen molar-refractivity contribution >= 4 is 11.7 Å². The smallest absolute Gasteiger partial charge is 0.324 e. The maximum absolute atomic E-state index is 12.4. The maximum atomic E-state index is 12.4. The first-order valence-corrected chi connectivity index (χ1v) is 6.98. The molecule has 1 aromatic carbocycles. The molecule has 5 heteroatoms. The van der Waals surface area contributed by atoms with Crippen LogP contribution in [0.5, 0.6) is 0 Å². The Morgan fingerprint density at radius 2 is 2.10 bits per heavy atom. The number of carbonyl (C=O) groups is 1. The van der Waals surface area contributed by atoms with Gasteiger partial charge in [-0.05, 0) is 25.1 Å². The second-order valence-corrected chi connectivity index (χ2v) is 5.28. The molecule has 2 aliphatic heterocycles. The van der Waals surface area contributed by atoms with Gasteiger partial charge in [-0.25, -0.2) is 4.79 Å². The predicted octanol–water partition coefficient (Wildman–Crippen LogP) is 2.47. The van der Waals surface area contributed by atoms with Gasteiger partial charge in [0.1, 0.15) is 0 Å². The number of hydrogen-bond acceptors (Lipinski definition) is 3. The van der Waals surface area contributed by atoms with Crippen LogP contribution in [0, 0.1) is 6.92 Å². The molecule has 106 valence electrons. The van der Waals surface area contributed by atoms with Crippen LogP contribution in [0.2, 0.25) is 0 Å². The van der Waals surface area contributed by atoms with Gasteiger partial charge >= 0.3 is 6.03 Å². The van der Waals surface area contributed by atoms with E-state index in [0.29, 0.717) is 13.2 Å². The summed E-state index contributed by atoms with van der Waals surface area (Å²) in [6.07, 6.45) is 0. The molecule has 0 spiro atoms. The highest BCUT2D eigenvalue weighted by Crippen LogP contribution is 2.45. The number of rotatable bonds is 1. The van der Waals surface area contributed by atoms with Crippen molar-refractivity contribution in [2.45, 2.75) is 12.6 Å². The van der Waals surface area contributed by atoms with Crippen LogP contribution in [0.3, 0.4) is 0 Å². The van der Waals surface area contributed by atoms with Crippen molar-refractivity contribution in [3.63, 3.8) is 0 Å². The first kappa shape index (κ1) is 12.3. The van der Waals surface area contributed by atoms with Gasteiger partial charge in [0.2, 0.25) is 5.72 Å². The fraction of sp³-hybridized carbons (Fsp3) is 0.250. The van der Waals surface area contributed by atoms with E-state index in [-0.39, 0.29) is 6.03 Å². The zero-order valence-electron chi connectivity index (χ0n) is 11.7. The molecule has 1 N–H and O–H groups in total. The van der Waals surface area contributed by atoms with Crippen molar-refractivity contribution in [3.05, 3.63) is 59.4 Å². The molecule has 0 radical (unpaired) electrons. The van der Waals surface area contributed by atoms with E-state index in [1.807, 2.05) is 49.4 Å². The van der Waals surface area contributed by atoms with Gasteiger partial charge in [-0.2, -0.15) is 0 Å². The minimum Gasteiger partial charge on any atom is -0.344 e. The van der Waals surface area contributed by atoms with Crippen molar-refractivity contribution in [1.82, 2.24) is 9.88 Å². The fourth-order valence-electron chi connectivity index (χ4n) is 3.14. The SMILES string of the molecule is Cc1cccc(C23OCCN2C(=O)Nc2ccccc23)n1. The Hall–Kier alpha value is -2.40. The predicted molar refractivity (Wildman–Crippen MR) is 77.9 cm³/mol. The molecule has 1 saturated heterocycles. The highest BCUT2D eigenvalue weighted by atomic mass is 16.5. The number of benzene rings is 1. The number of para-hydroxylation sites is 1. The third-order valence-corrected chi connectivity index (χ3v) is 4.02. The summed E-state index contributed by atoms with van der Waals surface area (Å²) in [5.74, 6) is 0. The van der Waals surface area contributed by atoms with Gasteiger partial charge in [0.05, 0.1) is 18.0 Å². The summed E-state index contributed by atoms with van der Waals surface area (Å²) in [7, 11) is 0. The van der Waals surface area contributed by atoms with Crippen LogP contribution in [0.1, 0.15) is 17.0 Å². The zero-order valence-corrected chi connectivity index (χ0v) is 11.7. The molecule has 2 aromatic rings. The summed E-state index contributed by atoms with van der Waals surface area (Å²) >= 11 is 0. The standard InChI is InChI=1S/C16H15N3O2/c1-11-5-4-8-14(17-11)16-12-6-2-3-7-13(12)18-15(20)19(16)9-10-21-16/h2-8H,9-10H2,1H3,(H,18,20). The van der Waals surface area contributed by atoms with E-state index in [4.69, 9.17) is 4.74 Å². The van der Waals surface area contributed by atoms with Crippen LogP contribution in [0.15, 0.2) is 42.5 Å². The summed E-state index contributed by atoms with van der Waals surface area (Å²) in [4.78, 5) is 18.7. The van der Waals surface area contributed by atoms with Gasteiger partial charge in [0, 0.05) is 17.8 Å². The minimum absolute atomic E-state index is 0.144. The van der Waals surface area contributed by atoms with E-state index in [0.717, 1.165) is 22.6 Å². The molecule has 1 atom stereocenters. The lowest BCUT2D eigenvalue weighted by atomic mass is 9.93. The summed E-state index contributed by atoms with van der Waals surface area (Å²) in [6, 6.07) is 13.4. The quantitative estimate of drug-likeness (QED) is 0.873. The second kappa shape index (κ2) is 4.30. The number of amides is 2. The van der Waals surface area contributed by atoms with Gasteiger partial charge < -0.3 is 10.1 Å². The first-order valence-electron chi connectivity index (χ1n) is 6.98. The Kier molecular flexibility index (Phi) is 2.53. The van der Waals surface area contributed by atoms with Crippen molar-refractivity contribution in [3.8, 4) is 0 Å². The van der Waals surface area contributed by atoms with Crippen molar-refractivity contribution in [2.75, 3.05) is 18.5 Å². The van der Waals surface area contributed by atoms with Gasteiger partial charge in [-0.15, -0.1) is 0 Å². The lowest BCUT2D eigenvalue weighted by Gasteiger charge is -2.41. The monoisotopic (exact) mass is 281 g/mol. The molecule has 4 rings (SSSR count). The van der Waals surface area contributed by atoms with E-state index in [2.05, 4.69) is 10.3 Å². The molecule has 0 aliphatic carbocycles. The van der Waals surface area contributed by atoms with Crippen LogP contribution in [0.25, 0.3) is 0 Å². The molecular weight excluding hydrogens is 266 g/mol. The number of urea groups is 1. The largest absolute Gasteiger partial charge is 0.344 e. The lowest BCUT2D eigenvalue weighted by molar-refractivity contribution is -0.0361. The summed E-state index contributed by atoms with van der Waals surface area (Å²) in [5.41, 5.74) is 2.46. The average Bonchev–Trinajstić information content (AvgIpc) is 2.94. The third kappa shape index (κ3) is 1.61. The number of anilines is 1. The van der Waals surface area contributed by atoms with E-state index in [1.54, 1.807) is 4.90 Å². The molecule has 1 unspecified atom stereocenters. The highest BCUT2D eigenvalue weighted by Gasteiger charge is 2.53.